The fourth-order valence-corrected chi connectivity index (χ4v) is 3.84. The molecule has 0 spiro atoms. The van der Waals surface area contributed by atoms with Crippen LogP contribution in [0.3, 0.4) is 0 Å². The summed E-state index contributed by atoms with van der Waals surface area (Å²) < 4.78 is 5.21. The molecular weight excluding hydrogens is 378 g/mol. The molecule has 1 heterocycles. The van der Waals surface area contributed by atoms with Gasteiger partial charge in [0, 0.05) is 44.2 Å². The van der Waals surface area contributed by atoms with Crippen LogP contribution in [0.1, 0.15) is 47.7 Å². The predicted molar refractivity (Wildman–Crippen MR) is 118 cm³/mol. The Morgan fingerprint density at radius 2 is 1.73 bits per heavy atom. The molecule has 3 rings (SSSR count). The Labute approximate surface area is 178 Å². The highest BCUT2D eigenvalue weighted by molar-refractivity contribution is 5.94. The molecule has 0 bridgehead atoms. The predicted octanol–water partition coefficient (Wildman–Crippen LogP) is 3.88. The van der Waals surface area contributed by atoms with E-state index >= 15 is 0 Å². The summed E-state index contributed by atoms with van der Waals surface area (Å²) >= 11 is 0. The normalized spacial score (nSPS) is 15.7. The van der Waals surface area contributed by atoms with E-state index in [1.54, 1.807) is 12.0 Å². The molecule has 1 saturated heterocycles. The summed E-state index contributed by atoms with van der Waals surface area (Å²) in [4.78, 5) is 28.6. The Balaban J connectivity index is 1.50. The van der Waals surface area contributed by atoms with Gasteiger partial charge in [-0.05, 0) is 55.7 Å². The minimum absolute atomic E-state index is 0.0391. The summed E-state index contributed by atoms with van der Waals surface area (Å²) in [5.41, 5.74) is 2.89. The van der Waals surface area contributed by atoms with Crippen molar-refractivity contribution >= 4 is 11.9 Å². The second-order valence-electron chi connectivity index (χ2n) is 7.54. The topological polar surface area (TPSA) is 61.9 Å². The second-order valence-corrected chi connectivity index (χ2v) is 7.54. The van der Waals surface area contributed by atoms with Crippen LogP contribution in [-0.2, 0) is 6.54 Å². The zero-order chi connectivity index (χ0) is 21.5. The fraction of sp³-hybridized carbons (Fsp3) is 0.417. The lowest BCUT2D eigenvalue weighted by atomic mass is 9.98. The molecule has 0 saturated carbocycles. The number of likely N-dealkylation sites (tertiary alicyclic amines) is 1. The van der Waals surface area contributed by atoms with E-state index in [0.29, 0.717) is 31.1 Å². The number of hydrogen-bond donors (Lipinski definition) is 1. The van der Waals surface area contributed by atoms with Crippen molar-refractivity contribution in [3.8, 4) is 5.75 Å². The molecule has 3 amide bonds. The third-order valence-electron chi connectivity index (χ3n) is 5.76. The Hall–Kier alpha value is -3.02. The first kappa shape index (κ1) is 21.7. The van der Waals surface area contributed by atoms with Crippen molar-refractivity contribution in [2.75, 3.05) is 33.3 Å². The van der Waals surface area contributed by atoms with Crippen molar-refractivity contribution in [2.45, 2.75) is 32.7 Å². The number of amides is 3. The largest absolute Gasteiger partial charge is 0.497 e. The number of rotatable bonds is 7. The Morgan fingerprint density at radius 1 is 1.07 bits per heavy atom. The van der Waals surface area contributed by atoms with E-state index in [2.05, 4.69) is 17.4 Å². The zero-order valence-electron chi connectivity index (χ0n) is 18.1. The van der Waals surface area contributed by atoms with E-state index in [0.717, 1.165) is 30.8 Å². The summed E-state index contributed by atoms with van der Waals surface area (Å²) in [7, 11) is 1.66. The second kappa shape index (κ2) is 10.1. The first-order valence-electron chi connectivity index (χ1n) is 10.6. The SMILES string of the molecule is CCN(CC)C(=O)c1ccc(CNC(=O)N2CCC(c3ccc(OC)cc3)C2)cc1. The highest BCUT2D eigenvalue weighted by Gasteiger charge is 2.27. The molecule has 1 unspecified atom stereocenters. The van der Waals surface area contributed by atoms with E-state index in [4.69, 9.17) is 4.74 Å². The zero-order valence-corrected chi connectivity index (χ0v) is 18.1. The van der Waals surface area contributed by atoms with E-state index in [-0.39, 0.29) is 11.9 Å². The van der Waals surface area contributed by atoms with Gasteiger partial charge in [0.2, 0.25) is 0 Å². The minimum atomic E-state index is -0.0469. The molecule has 1 atom stereocenters. The average molecular weight is 410 g/mol. The Bertz CT molecular complexity index is 845. The number of carbonyl (C=O) groups is 2. The van der Waals surface area contributed by atoms with Crippen LogP contribution in [-0.4, -0.2) is 55.0 Å². The number of urea groups is 1. The van der Waals surface area contributed by atoms with Crippen molar-refractivity contribution in [2.24, 2.45) is 0 Å². The van der Waals surface area contributed by atoms with Crippen molar-refractivity contribution in [3.05, 3.63) is 65.2 Å². The van der Waals surface area contributed by atoms with Crippen LogP contribution >= 0.6 is 0 Å². The number of ether oxygens (including phenoxy) is 1. The van der Waals surface area contributed by atoms with E-state index in [9.17, 15) is 9.59 Å². The van der Waals surface area contributed by atoms with Crippen molar-refractivity contribution in [1.29, 1.82) is 0 Å². The maximum absolute atomic E-state index is 12.6. The molecule has 0 aromatic heterocycles. The van der Waals surface area contributed by atoms with Gasteiger partial charge < -0.3 is 19.9 Å². The van der Waals surface area contributed by atoms with Gasteiger partial charge in [0.1, 0.15) is 5.75 Å². The van der Waals surface area contributed by atoms with Gasteiger partial charge >= 0.3 is 6.03 Å². The van der Waals surface area contributed by atoms with Crippen molar-refractivity contribution in [1.82, 2.24) is 15.1 Å². The molecular formula is C24H31N3O3. The molecule has 1 N–H and O–H groups in total. The van der Waals surface area contributed by atoms with Crippen LogP contribution in [0, 0.1) is 0 Å². The van der Waals surface area contributed by atoms with E-state index in [1.807, 2.05) is 55.1 Å². The molecule has 1 aliphatic rings. The lowest BCUT2D eigenvalue weighted by Crippen LogP contribution is -2.38. The van der Waals surface area contributed by atoms with Crippen molar-refractivity contribution < 1.29 is 14.3 Å². The summed E-state index contributed by atoms with van der Waals surface area (Å²) in [5.74, 6) is 1.24. The quantitative estimate of drug-likeness (QED) is 0.755. The van der Waals surface area contributed by atoms with Gasteiger partial charge in [-0.1, -0.05) is 24.3 Å². The van der Waals surface area contributed by atoms with Gasteiger partial charge in [0.25, 0.3) is 5.91 Å². The molecule has 2 aromatic rings. The van der Waals surface area contributed by atoms with Crippen LogP contribution in [0.15, 0.2) is 48.5 Å². The van der Waals surface area contributed by atoms with Crippen LogP contribution in [0.5, 0.6) is 5.75 Å². The number of nitrogens with zero attached hydrogens (tertiary/aromatic N) is 2. The average Bonchev–Trinajstić information content (AvgIpc) is 3.29. The molecule has 6 heteroatoms. The van der Waals surface area contributed by atoms with Gasteiger partial charge in [0.05, 0.1) is 7.11 Å². The summed E-state index contributed by atoms with van der Waals surface area (Å²) in [6.07, 6.45) is 0.960. The lowest BCUT2D eigenvalue weighted by molar-refractivity contribution is 0.0773. The van der Waals surface area contributed by atoms with Gasteiger partial charge in [-0.3, -0.25) is 4.79 Å². The molecule has 1 fully saturated rings. The smallest absolute Gasteiger partial charge is 0.317 e. The summed E-state index contributed by atoms with van der Waals surface area (Å²) in [6.45, 7) is 7.25. The first-order chi connectivity index (χ1) is 14.5. The van der Waals surface area contributed by atoms with Gasteiger partial charge in [-0.25, -0.2) is 4.79 Å². The first-order valence-corrected chi connectivity index (χ1v) is 10.6. The molecule has 0 radical (unpaired) electrons. The number of carbonyl (C=O) groups excluding carboxylic acids is 2. The van der Waals surface area contributed by atoms with Crippen LogP contribution in [0.25, 0.3) is 0 Å². The molecule has 30 heavy (non-hydrogen) atoms. The Kier molecular flexibility index (Phi) is 7.33. The molecule has 160 valence electrons. The van der Waals surface area contributed by atoms with Crippen LogP contribution in [0.2, 0.25) is 0 Å². The summed E-state index contributed by atoms with van der Waals surface area (Å²) in [6, 6.07) is 15.5. The van der Waals surface area contributed by atoms with Gasteiger partial charge in [-0.15, -0.1) is 0 Å². The molecule has 0 aliphatic carbocycles. The third-order valence-corrected chi connectivity index (χ3v) is 5.76. The minimum Gasteiger partial charge on any atom is -0.497 e. The molecule has 1 aliphatic heterocycles. The maximum Gasteiger partial charge on any atom is 0.317 e. The molecule has 6 nitrogen and oxygen atoms in total. The number of benzene rings is 2. The highest BCUT2D eigenvalue weighted by Crippen LogP contribution is 2.28. The van der Waals surface area contributed by atoms with Crippen LogP contribution < -0.4 is 10.1 Å². The highest BCUT2D eigenvalue weighted by atomic mass is 16.5. The van der Waals surface area contributed by atoms with E-state index < -0.39 is 0 Å². The monoisotopic (exact) mass is 409 g/mol. The number of methoxy groups -OCH3 is 1. The fourth-order valence-electron chi connectivity index (χ4n) is 3.84. The summed E-state index contributed by atoms with van der Waals surface area (Å²) in [5, 5.41) is 3.00. The van der Waals surface area contributed by atoms with Gasteiger partial charge in [-0.2, -0.15) is 0 Å². The number of hydrogen-bond acceptors (Lipinski definition) is 3. The lowest BCUT2D eigenvalue weighted by Gasteiger charge is -2.19. The van der Waals surface area contributed by atoms with E-state index in [1.165, 1.54) is 5.56 Å². The third kappa shape index (κ3) is 5.12. The van der Waals surface area contributed by atoms with Gasteiger partial charge in [0.15, 0.2) is 0 Å². The standard InChI is InChI=1S/C24H31N3O3/c1-4-26(5-2)23(28)20-8-6-18(7-9-20)16-25-24(29)27-15-14-21(17-27)19-10-12-22(30-3)13-11-19/h6-13,21H,4-5,14-17H2,1-3H3,(H,25,29). The van der Waals surface area contributed by atoms with Crippen molar-refractivity contribution in [3.63, 3.8) is 0 Å². The maximum atomic E-state index is 12.6. The molecule has 2 aromatic carbocycles. The Morgan fingerprint density at radius 3 is 2.33 bits per heavy atom. The number of nitrogens with one attached hydrogen (secondary N) is 1. The van der Waals surface area contributed by atoms with Crippen LogP contribution in [0.4, 0.5) is 4.79 Å².